The third-order valence-electron chi connectivity index (χ3n) is 5.70. The molecule has 3 aromatic rings. The lowest BCUT2D eigenvalue weighted by atomic mass is 9.95. The number of ether oxygens (including phenoxy) is 2. The molecule has 0 saturated heterocycles. The molecule has 0 saturated carbocycles. The van der Waals surface area contributed by atoms with Crippen molar-refractivity contribution in [3.8, 4) is 22.8 Å². The van der Waals surface area contributed by atoms with Crippen LogP contribution in [0, 0.1) is 6.92 Å². The zero-order chi connectivity index (χ0) is 28.4. The molecule has 202 valence electrons. The van der Waals surface area contributed by atoms with Crippen molar-refractivity contribution >= 4 is 11.9 Å². The smallest absolute Gasteiger partial charge is 0.419 e. The van der Waals surface area contributed by atoms with Gasteiger partial charge in [0, 0.05) is 11.1 Å². The van der Waals surface area contributed by atoms with Crippen LogP contribution >= 0.6 is 0 Å². The first-order valence-electron chi connectivity index (χ1n) is 11.7. The number of pyridine rings is 1. The number of rotatable bonds is 7. The first-order valence-corrected chi connectivity index (χ1v) is 11.7. The van der Waals surface area contributed by atoms with Crippen molar-refractivity contribution in [1.29, 1.82) is 0 Å². The Morgan fingerprint density at radius 2 is 1.74 bits per heavy atom. The lowest BCUT2D eigenvalue weighted by Gasteiger charge is -2.22. The number of alkyl halides is 3. The molecule has 3 rings (SSSR count). The number of carboxylic acid groups (broad SMARTS) is 1. The van der Waals surface area contributed by atoms with Crippen LogP contribution < -0.4 is 4.74 Å². The van der Waals surface area contributed by atoms with Gasteiger partial charge in [0.15, 0.2) is 0 Å². The Bertz CT molecular complexity index is 1340. The van der Waals surface area contributed by atoms with Crippen molar-refractivity contribution in [2.24, 2.45) is 0 Å². The van der Waals surface area contributed by atoms with Gasteiger partial charge in [0.2, 0.25) is 0 Å². The number of halogens is 3. The number of carbonyl (C=O) groups excluding carboxylic acids is 1. The molecule has 1 atom stereocenters. The third-order valence-corrected chi connectivity index (χ3v) is 5.70. The normalized spacial score (nSPS) is 12.6. The quantitative estimate of drug-likeness (QED) is 0.335. The SMILES string of the molecule is Cc1cc(C(C)C(=O)O)ccc1-c1ccc(OCc2ccc(C(F)(F)F)c(O)c2C(=O)OC(C)(C)C)cn1. The predicted octanol–water partition coefficient (Wildman–Crippen LogP) is 6.50. The Balaban J connectivity index is 1.84. The molecule has 10 heteroatoms. The number of hydrogen-bond acceptors (Lipinski definition) is 6. The lowest BCUT2D eigenvalue weighted by molar-refractivity contribution is -0.139. The van der Waals surface area contributed by atoms with E-state index in [4.69, 9.17) is 9.47 Å². The van der Waals surface area contributed by atoms with Crippen molar-refractivity contribution in [3.05, 3.63) is 76.5 Å². The number of esters is 1. The van der Waals surface area contributed by atoms with E-state index < -0.39 is 46.5 Å². The number of aromatic nitrogens is 1. The summed E-state index contributed by atoms with van der Waals surface area (Å²) < 4.78 is 50.9. The van der Waals surface area contributed by atoms with E-state index in [2.05, 4.69) is 4.98 Å². The van der Waals surface area contributed by atoms with Gasteiger partial charge in [0.25, 0.3) is 0 Å². The van der Waals surface area contributed by atoms with Gasteiger partial charge in [-0.3, -0.25) is 9.78 Å². The lowest BCUT2D eigenvalue weighted by Crippen LogP contribution is -2.25. The molecule has 0 amide bonds. The molecule has 0 spiro atoms. The summed E-state index contributed by atoms with van der Waals surface area (Å²) in [7, 11) is 0. The fraction of sp³-hybridized carbons (Fsp3) is 0.321. The summed E-state index contributed by atoms with van der Waals surface area (Å²) in [5.74, 6) is -3.63. The van der Waals surface area contributed by atoms with E-state index in [1.54, 1.807) is 58.0 Å². The van der Waals surface area contributed by atoms with Gasteiger partial charge in [-0.15, -0.1) is 0 Å². The molecule has 7 nitrogen and oxygen atoms in total. The topological polar surface area (TPSA) is 106 Å². The number of aryl methyl sites for hydroxylation is 1. The van der Waals surface area contributed by atoms with E-state index in [-0.39, 0.29) is 17.9 Å². The van der Waals surface area contributed by atoms with E-state index in [0.717, 1.165) is 17.2 Å². The van der Waals surface area contributed by atoms with Gasteiger partial charge < -0.3 is 19.7 Å². The highest BCUT2D eigenvalue weighted by molar-refractivity contribution is 5.95. The van der Waals surface area contributed by atoms with Crippen LogP contribution in [0.3, 0.4) is 0 Å². The van der Waals surface area contributed by atoms with Crippen LogP contribution in [0.15, 0.2) is 48.7 Å². The highest BCUT2D eigenvalue weighted by Gasteiger charge is 2.37. The summed E-state index contributed by atoms with van der Waals surface area (Å²) in [6.07, 6.45) is -3.46. The molecule has 2 N–H and O–H groups in total. The Morgan fingerprint density at radius 1 is 1.05 bits per heavy atom. The van der Waals surface area contributed by atoms with E-state index in [1.165, 1.54) is 6.20 Å². The second kappa shape index (κ2) is 10.7. The second-order valence-corrected chi connectivity index (χ2v) is 9.80. The van der Waals surface area contributed by atoms with Crippen molar-refractivity contribution in [2.75, 3.05) is 0 Å². The van der Waals surface area contributed by atoms with E-state index in [1.807, 2.05) is 6.92 Å². The maximum atomic E-state index is 13.3. The van der Waals surface area contributed by atoms with Crippen molar-refractivity contribution in [2.45, 2.75) is 58.9 Å². The van der Waals surface area contributed by atoms with E-state index in [0.29, 0.717) is 17.3 Å². The van der Waals surface area contributed by atoms with Gasteiger partial charge in [-0.25, -0.2) is 4.79 Å². The predicted molar refractivity (Wildman–Crippen MR) is 133 cm³/mol. The molecule has 0 aliphatic rings. The van der Waals surface area contributed by atoms with Crippen molar-refractivity contribution in [3.63, 3.8) is 0 Å². The molecule has 0 bridgehead atoms. The first-order chi connectivity index (χ1) is 17.6. The molecule has 1 aromatic heterocycles. The number of aliphatic carboxylic acids is 1. The molecular weight excluding hydrogens is 503 g/mol. The Kier molecular flexibility index (Phi) is 8.04. The molecule has 0 fully saturated rings. The van der Waals surface area contributed by atoms with Gasteiger partial charge in [0.05, 0.1) is 23.4 Å². The number of aromatic hydroxyl groups is 1. The monoisotopic (exact) mass is 531 g/mol. The van der Waals surface area contributed by atoms with Crippen LogP contribution in [-0.4, -0.2) is 32.7 Å². The van der Waals surface area contributed by atoms with E-state index in [9.17, 15) is 33.0 Å². The minimum Gasteiger partial charge on any atom is -0.506 e. The van der Waals surface area contributed by atoms with Crippen LogP contribution in [0.5, 0.6) is 11.5 Å². The van der Waals surface area contributed by atoms with Crippen LogP contribution in [-0.2, 0) is 22.3 Å². The Hall–Kier alpha value is -4.08. The van der Waals surface area contributed by atoms with Crippen LogP contribution in [0.2, 0.25) is 0 Å². The minimum atomic E-state index is -4.87. The molecule has 1 heterocycles. The van der Waals surface area contributed by atoms with Gasteiger partial charge in [0.1, 0.15) is 29.3 Å². The average Bonchev–Trinajstić information content (AvgIpc) is 2.80. The third kappa shape index (κ3) is 6.62. The van der Waals surface area contributed by atoms with Crippen LogP contribution in [0.4, 0.5) is 13.2 Å². The zero-order valence-electron chi connectivity index (χ0n) is 21.5. The molecule has 0 radical (unpaired) electrons. The summed E-state index contributed by atoms with van der Waals surface area (Å²) in [6.45, 7) is 7.78. The first kappa shape index (κ1) is 28.5. The number of nitrogens with zero attached hydrogens (tertiary/aromatic N) is 1. The molecule has 0 aliphatic heterocycles. The van der Waals surface area contributed by atoms with E-state index >= 15 is 0 Å². The maximum absolute atomic E-state index is 13.3. The fourth-order valence-corrected chi connectivity index (χ4v) is 3.71. The summed E-state index contributed by atoms with van der Waals surface area (Å²) in [5, 5.41) is 19.5. The van der Waals surface area contributed by atoms with Crippen LogP contribution in [0.1, 0.15) is 66.2 Å². The van der Waals surface area contributed by atoms with Crippen molar-refractivity contribution in [1.82, 2.24) is 4.98 Å². The standard InChI is InChI=1S/C28H28F3NO6/c1-15-12-17(16(2)25(34)35)6-9-20(15)22-11-8-19(13-32-22)37-14-18-7-10-21(28(29,30)31)24(33)23(18)26(36)38-27(3,4)5/h6-13,16,33H,14H2,1-5H3,(H,34,35). The number of hydrogen-bond donors (Lipinski definition) is 2. The van der Waals surface area contributed by atoms with Gasteiger partial charge >= 0.3 is 18.1 Å². The number of benzene rings is 2. The van der Waals surface area contributed by atoms with Gasteiger partial charge in [-0.1, -0.05) is 24.3 Å². The maximum Gasteiger partial charge on any atom is 0.419 e. The highest BCUT2D eigenvalue weighted by atomic mass is 19.4. The Labute approximate surface area is 217 Å². The molecule has 2 aromatic carbocycles. The minimum absolute atomic E-state index is 0.00723. The molecule has 0 aliphatic carbocycles. The summed E-state index contributed by atoms with van der Waals surface area (Å²) >= 11 is 0. The zero-order valence-corrected chi connectivity index (χ0v) is 21.5. The average molecular weight is 532 g/mol. The summed E-state index contributed by atoms with van der Waals surface area (Å²) in [6, 6.07) is 10.3. The molecule has 38 heavy (non-hydrogen) atoms. The highest BCUT2D eigenvalue weighted by Crippen LogP contribution is 2.39. The fourth-order valence-electron chi connectivity index (χ4n) is 3.71. The number of phenols is 1. The largest absolute Gasteiger partial charge is 0.506 e. The number of phenolic OH excluding ortho intramolecular Hbond substituents is 1. The van der Waals surface area contributed by atoms with Crippen LogP contribution in [0.25, 0.3) is 11.3 Å². The number of carboxylic acids is 1. The van der Waals surface area contributed by atoms with Crippen molar-refractivity contribution < 1.29 is 42.4 Å². The molecule has 1 unspecified atom stereocenters. The van der Waals surface area contributed by atoms with Gasteiger partial charge in [-0.05, 0) is 63.9 Å². The molecular formula is C28H28F3NO6. The number of carbonyl (C=O) groups is 2. The van der Waals surface area contributed by atoms with Gasteiger partial charge in [-0.2, -0.15) is 13.2 Å². The summed E-state index contributed by atoms with van der Waals surface area (Å²) in [5.41, 5.74) is -0.0785. The second-order valence-electron chi connectivity index (χ2n) is 9.80. The Morgan fingerprint density at radius 3 is 2.26 bits per heavy atom. The summed E-state index contributed by atoms with van der Waals surface area (Å²) in [4.78, 5) is 28.3.